The standard InChI is InChI=1S/3C3H4O3.C2H3N.Al/c3*1-2(4)3(5)6;1-2-3;/h3*1H3,(H,5,6);1H3;/q;;;;+3/p-3. The number of nitrogens with zero attached hydrogens (tertiary/aromatic N) is 1. The molecule has 0 aromatic carbocycles. The van der Waals surface area contributed by atoms with Gasteiger partial charge in [0.2, 0.25) is 0 Å². The summed E-state index contributed by atoms with van der Waals surface area (Å²) in [6.07, 6.45) is 0. The molecule has 0 N–H and O–H groups in total. The minimum absolute atomic E-state index is 0. The summed E-state index contributed by atoms with van der Waals surface area (Å²) in [4.78, 5) is 56.2. The minimum Gasteiger partial charge on any atom is -0.542 e. The first kappa shape index (κ1) is 31.7. The first-order valence-electron chi connectivity index (χ1n) is 4.81. The fourth-order valence-corrected chi connectivity index (χ4v) is 0. The third-order valence-electron chi connectivity index (χ3n) is 0.862. The largest absolute Gasteiger partial charge is 3.00 e. The van der Waals surface area contributed by atoms with E-state index in [1.54, 1.807) is 6.07 Å². The summed E-state index contributed by atoms with van der Waals surface area (Å²) in [6, 6.07) is 1.75. The van der Waals surface area contributed by atoms with E-state index in [4.69, 9.17) is 5.26 Å². The molecule has 0 atom stereocenters. The van der Waals surface area contributed by atoms with Crippen molar-refractivity contribution in [3.8, 4) is 6.07 Å². The van der Waals surface area contributed by atoms with Crippen LogP contribution >= 0.6 is 0 Å². The third kappa shape index (κ3) is 52.9. The summed E-state index contributed by atoms with van der Waals surface area (Å²) < 4.78 is 0. The van der Waals surface area contributed by atoms with Gasteiger partial charge < -0.3 is 29.7 Å². The molecule has 22 heavy (non-hydrogen) atoms. The molecule has 0 aliphatic rings. The van der Waals surface area contributed by atoms with Crippen LogP contribution in [0.5, 0.6) is 0 Å². The molecule has 0 fully saturated rings. The van der Waals surface area contributed by atoms with Crippen molar-refractivity contribution in [3.63, 3.8) is 0 Å². The monoisotopic (exact) mass is 329 g/mol. The Morgan fingerprint density at radius 3 is 0.727 bits per heavy atom. The molecule has 0 saturated carbocycles. The van der Waals surface area contributed by atoms with Crippen molar-refractivity contribution in [1.29, 1.82) is 5.26 Å². The Kier molecular flexibility index (Phi) is 29.9. The maximum atomic E-state index is 9.48. The molecule has 0 amide bonds. The number of Topliss-reactive ketones (excluding diaryl/α,β-unsaturated/α-hetero) is 3. The van der Waals surface area contributed by atoms with Gasteiger partial charge in [0.25, 0.3) is 0 Å². The van der Waals surface area contributed by atoms with E-state index in [1.807, 2.05) is 0 Å². The number of ketones is 3. The second kappa shape index (κ2) is 20.8. The van der Waals surface area contributed by atoms with Crippen molar-refractivity contribution in [2.24, 2.45) is 0 Å². The Morgan fingerprint density at radius 2 is 0.727 bits per heavy atom. The normalized spacial score (nSPS) is 6.50. The first-order chi connectivity index (χ1) is 9.34. The van der Waals surface area contributed by atoms with E-state index in [0.717, 1.165) is 20.8 Å². The second-order valence-corrected chi connectivity index (χ2v) is 2.75. The summed E-state index contributed by atoms with van der Waals surface area (Å²) in [5.41, 5.74) is 0. The quantitative estimate of drug-likeness (QED) is 0.357. The number of carbonyl (C=O) groups excluding carboxylic acids is 6. The van der Waals surface area contributed by atoms with Gasteiger partial charge in [-0.05, 0) is 0 Å². The van der Waals surface area contributed by atoms with E-state index in [2.05, 4.69) is 0 Å². The molecule has 0 heterocycles. The molecule has 10 nitrogen and oxygen atoms in total. The van der Waals surface area contributed by atoms with Gasteiger partial charge in [0.05, 0.1) is 6.07 Å². The summed E-state index contributed by atoms with van der Waals surface area (Å²) in [5.74, 6) is -7.69. The van der Waals surface area contributed by atoms with E-state index in [-0.39, 0.29) is 17.4 Å². The van der Waals surface area contributed by atoms with Crippen LogP contribution in [0.2, 0.25) is 0 Å². The summed E-state index contributed by atoms with van der Waals surface area (Å²) >= 11 is 0. The van der Waals surface area contributed by atoms with Gasteiger partial charge in [-0.15, -0.1) is 0 Å². The Morgan fingerprint density at radius 1 is 0.682 bits per heavy atom. The van der Waals surface area contributed by atoms with Crippen LogP contribution in [0.25, 0.3) is 0 Å². The zero-order chi connectivity index (χ0) is 18.2. The number of carboxylic acid groups (broad SMARTS) is 3. The number of nitriles is 1. The first-order valence-corrected chi connectivity index (χ1v) is 4.81. The van der Waals surface area contributed by atoms with Gasteiger partial charge in [-0.1, -0.05) is 0 Å². The van der Waals surface area contributed by atoms with Gasteiger partial charge >= 0.3 is 17.4 Å². The second-order valence-electron chi connectivity index (χ2n) is 2.75. The van der Waals surface area contributed by atoms with Gasteiger partial charge in [-0.25, -0.2) is 0 Å². The molecule has 0 rings (SSSR count). The molecule has 118 valence electrons. The molecular formula is C11H12AlNO9. The van der Waals surface area contributed by atoms with Crippen LogP contribution in [0.15, 0.2) is 0 Å². The molecule has 0 spiro atoms. The van der Waals surface area contributed by atoms with Crippen LogP contribution in [0, 0.1) is 11.3 Å². The fourth-order valence-electron chi connectivity index (χ4n) is 0. The van der Waals surface area contributed by atoms with E-state index in [0.29, 0.717) is 0 Å². The predicted octanol–water partition coefficient (Wildman–Crippen LogP) is -4.88. The number of aliphatic carboxylic acids is 3. The molecular weight excluding hydrogens is 317 g/mol. The number of carbonyl (C=O) groups is 6. The van der Waals surface area contributed by atoms with Gasteiger partial charge in [-0.3, -0.25) is 14.4 Å². The van der Waals surface area contributed by atoms with Crippen LogP contribution in [0.1, 0.15) is 27.7 Å². The predicted molar refractivity (Wildman–Crippen MR) is 64.1 cm³/mol. The van der Waals surface area contributed by atoms with E-state index in [9.17, 15) is 44.1 Å². The Hall–Kier alpha value is -2.56. The van der Waals surface area contributed by atoms with Crippen molar-refractivity contribution in [2.75, 3.05) is 0 Å². The van der Waals surface area contributed by atoms with Gasteiger partial charge in [0.1, 0.15) is 17.9 Å². The Bertz CT molecular complexity index is 358. The van der Waals surface area contributed by atoms with Crippen molar-refractivity contribution in [3.05, 3.63) is 0 Å². The van der Waals surface area contributed by atoms with E-state index >= 15 is 0 Å². The Balaban J connectivity index is -0.0000000591. The third-order valence-corrected chi connectivity index (χ3v) is 0.862. The van der Waals surface area contributed by atoms with Crippen molar-refractivity contribution < 1.29 is 44.1 Å². The average molecular weight is 329 g/mol. The van der Waals surface area contributed by atoms with Gasteiger partial charge in [-0.2, -0.15) is 5.26 Å². The van der Waals surface area contributed by atoms with Gasteiger partial charge in [0.15, 0.2) is 17.3 Å². The molecule has 0 aromatic rings. The van der Waals surface area contributed by atoms with E-state index in [1.165, 1.54) is 6.92 Å². The molecule has 0 bridgehead atoms. The molecule has 0 unspecified atom stereocenters. The zero-order valence-corrected chi connectivity index (χ0v) is 13.4. The number of carboxylic acids is 3. The van der Waals surface area contributed by atoms with Gasteiger partial charge in [0, 0.05) is 27.7 Å². The molecule has 0 aliphatic carbocycles. The van der Waals surface area contributed by atoms with Crippen LogP contribution in [0.4, 0.5) is 0 Å². The molecule has 0 aliphatic heterocycles. The van der Waals surface area contributed by atoms with Crippen molar-refractivity contribution in [2.45, 2.75) is 27.7 Å². The van der Waals surface area contributed by atoms with Crippen molar-refractivity contribution in [1.82, 2.24) is 0 Å². The molecule has 11 heteroatoms. The fraction of sp³-hybridized carbons (Fsp3) is 0.364. The number of rotatable bonds is 3. The smallest absolute Gasteiger partial charge is 0.542 e. The average Bonchev–Trinajstić information content (AvgIpc) is 2.30. The zero-order valence-electron chi connectivity index (χ0n) is 12.2. The van der Waals surface area contributed by atoms with Crippen LogP contribution in [-0.4, -0.2) is 52.6 Å². The van der Waals surface area contributed by atoms with Crippen LogP contribution < -0.4 is 15.3 Å². The molecule has 0 radical (unpaired) electrons. The molecule has 0 saturated heterocycles. The van der Waals surface area contributed by atoms with Crippen LogP contribution in [-0.2, 0) is 28.8 Å². The Labute approximate surface area is 136 Å². The summed E-state index contributed by atoms with van der Waals surface area (Å²) in [5, 5.41) is 35.0. The maximum absolute atomic E-state index is 9.48. The summed E-state index contributed by atoms with van der Waals surface area (Å²) in [7, 11) is 0. The van der Waals surface area contributed by atoms with Crippen molar-refractivity contribution >= 4 is 52.6 Å². The molecule has 0 aromatic heterocycles. The SMILES string of the molecule is CC#N.CC(=O)C(=O)[O-].CC(=O)C(=O)[O-].CC(=O)C(=O)[O-].[Al+3]. The van der Waals surface area contributed by atoms with E-state index < -0.39 is 35.3 Å². The number of hydrogen-bond acceptors (Lipinski definition) is 10. The minimum atomic E-state index is -1.63. The number of hydrogen-bond donors (Lipinski definition) is 0. The maximum Gasteiger partial charge on any atom is 3.00 e. The summed E-state index contributed by atoms with van der Waals surface area (Å²) in [6.45, 7) is 4.25. The van der Waals surface area contributed by atoms with Crippen LogP contribution in [0.3, 0.4) is 0 Å². The topological polar surface area (TPSA) is 195 Å².